The van der Waals surface area contributed by atoms with Gasteiger partial charge in [-0.15, -0.1) is 0 Å². The van der Waals surface area contributed by atoms with Crippen molar-refractivity contribution in [2.75, 3.05) is 49.9 Å². The van der Waals surface area contributed by atoms with E-state index in [-0.39, 0.29) is 10.8 Å². The average molecular weight is 531 g/mol. The number of amides is 1. The lowest BCUT2D eigenvalue weighted by Crippen LogP contribution is -2.43. The molecule has 1 amide bonds. The van der Waals surface area contributed by atoms with Gasteiger partial charge in [-0.2, -0.15) is 13.2 Å². The molecule has 0 atom stereocenters. The summed E-state index contributed by atoms with van der Waals surface area (Å²) >= 11 is 0. The Kier molecular flexibility index (Phi) is 9.70. The number of carbonyl (C=O) groups excluding carboxylic acids is 1. The molecular formula is C23H29F3N4O5S. The largest absolute Gasteiger partial charge is 0.490 e. The number of rotatable bonds is 6. The molecule has 13 heteroatoms. The van der Waals surface area contributed by atoms with Crippen LogP contribution in [0.25, 0.3) is 0 Å². The summed E-state index contributed by atoms with van der Waals surface area (Å²) in [6.07, 6.45) is -4.24. The molecule has 0 radical (unpaired) electrons. The number of carbonyl (C=O) groups is 2. The van der Waals surface area contributed by atoms with Crippen LogP contribution in [-0.4, -0.2) is 76.8 Å². The number of nitrogens with one attached hydrogen (secondary N) is 2. The number of halogens is 3. The summed E-state index contributed by atoms with van der Waals surface area (Å²) in [5.74, 6) is -2.93. The van der Waals surface area contributed by atoms with Gasteiger partial charge in [-0.3, -0.25) is 9.52 Å². The van der Waals surface area contributed by atoms with Crippen molar-refractivity contribution in [2.24, 2.45) is 0 Å². The molecule has 1 heterocycles. The van der Waals surface area contributed by atoms with E-state index >= 15 is 0 Å². The predicted molar refractivity (Wildman–Crippen MR) is 130 cm³/mol. The summed E-state index contributed by atoms with van der Waals surface area (Å²) in [6, 6.07) is 12.0. The van der Waals surface area contributed by atoms with Gasteiger partial charge in [0.1, 0.15) is 0 Å². The van der Waals surface area contributed by atoms with Crippen LogP contribution in [-0.2, 0) is 21.2 Å². The van der Waals surface area contributed by atoms with Crippen molar-refractivity contribution in [2.45, 2.75) is 24.4 Å². The number of carboxylic acid groups (broad SMARTS) is 1. The van der Waals surface area contributed by atoms with Crippen molar-refractivity contribution in [3.63, 3.8) is 0 Å². The van der Waals surface area contributed by atoms with Gasteiger partial charge >= 0.3 is 12.1 Å². The first-order valence-electron chi connectivity index (χ1n) is 11.0. The minimum Gasteiger partial charge on any atom is -0.475 e. The zero-order chi connectivity index (χ0) is 27.1. The van der Waals surface area contributed by atoms with Gasteiger partial charge in [-0.1, -0.05) is 19.1 Å². The number of piperazine rings is 1. The number of hydrogen-bond acceptors (Lipinski definition) is 6. The number of sulfonamides is 1. The second-order valence-electron chi connectivity index (χ2n) is 8.07. The second-order valence-corrected chi connectivity index (χ2v) is 9.76. The normalized spacial score (nSPS) is 13.9. The monoisotopic (exact) mass is 530 g/mol. The van der Waals surface area contributed by atoms with Crippen LogP contribution in [0.2, 0.25) is 0 Å². The van der Waals surface area contributed by atoms with E-state index in [2.05, 4.69) is 14.9 Å². The van der Waals surface area contributed by atoms with Crippen LogP contribution in [0, 0.1) is 0 Å². The molecule has 0 aromatic heterocycles. The number of aliphatic carboxylic acids is 1. The van der Waals surface area contributed by atoms with Crippen molar-refractivity contribution < 1.29 is 36.3 Å². The molecule has 0 bridgehead atoms. The maximum Gasteiger partial charge on any atom is 0.490 e. The molecule has 0 spiro atoms. The zero-order valence-electron chi connectivity index (χ0n) is 20.1. The van der Waals surface area contributed by atoms with Crippen molar-refractivity contribution in [1.29, 1.82) is 0 Å². The second kappa shape index (κ2) is 12.1. The SMILES string of the molecule is CCc1ccc(S(=O)(=O)Nc2cc(C(=O)N(C)C)ccc2N2CCNCC2)cc1.O=C(O)C(F)(F)F. The summed E-state index contributed by atoms with van der Waals surface area (Å²) in [5.41, 5.74) is 2.70. The van der Waals surface area contributed by atoms with Crippen molar-refractivity contribution >= 4 is 33.3 Å². The summed E-state index contributed by atoms with van der Waals surface area (Å²) in [7, 11) is -0.435. The van der Waals surface area contributed by atoms with E-state index < -0.39 is 22.2 Å². The fourth-order valence-electron chi connectivity index (χ4n) is 3.30. The van der Waals surface area contributed by atoms with Gasteiger partial charge in [0, 0.05) is 45.8 Å². The van der Waals surface area contributed by atoms with Crippen LogP contribution >= 0.6 is 0 Å². The van der Waals surface area contributed by atoms with Crippen LogP contribution in [0.4, 0.5) is 24.5 Å². The lowest BCUT2D eigenvalue weighted by Gasteiger charge is -2.31. The first-order valence-corrected chi connectivity index (χ1v) is 12.5. The molecule has 198 valence electrons. The highest BCUT2D eigenvalue weighted by molar-refractivity contribution is 7.92. The fraction of sp³-hybridized carbons (Fsp3) is 0.391. The third-order valence-electron chi connectivity index (χ3n) is 5.24. The number of alkyl halides is 3. The Bertz CT molecular complexity index is 1160. The minimum atomic E-state index is -5.08. The third-order valence-corrected chi connectivity index (χ3v) is 6.62. The lowest BCUT2D eigenvalue weighted by atomic mass is 10.1. The molecule has 0 unspecified atom stereocenters. The maximum absolute atomic E-state index is 13.0. The van der Waals surface area contributed by atoms with Crippen molar-refractivity contribution in [3.05, 3.63) is 53.6 Å². The maximum atomic E-state index is 13.0. The van der Waals surface area contributed by atoms with E-state index in [0.717, 1.165) is 43.9 Å². The third kappa shape index (κ3) is 7.85. The van der Waals surface area contributed by atoms with Crippen LogP contribution in [0.1, 0.15) is 22.8 Å². The molecule has 1 aliphatic heterocycles. The molecule has 3 rings (SSSR count). The number of anilines is 2. The summed E-state index contributed by atoms with van der Waals surface area (Å²) < 4.78 is 60.5. The summed E-state index contributed by atoms with van der Waals surface area (Å²) in [4.78, 5) is 25.1. The van der Waals surface area contributed by atoms with Gasteiger partial charge in [-0.25, -0.2) is 13.2 Å². The van der Waals surface area contributed by atoms with E-state index in [9.17, 15) is 26.4 Å². The first-order chi connectivity index (χ1) is 16.8. The minimum absolute atomic E-state index is 0.176. The van der Waals surface area contributed by atoms with E-state index in [1.807, 2.05) is 25.1 Å². The number of aryl methyl sites for hydroxylation is 1. The molecule has 2 aromatic rings. The molecular weight excluding hydrogens is 501 g/mol. The average Bonchev–Trinajstić information content (AvgIpc) is 2.83. The molecule has 1 fully saturated rings. The number of carboxylic acids is 1. The topological polar surface area (TPSA) is 119 Å². The molecule has 0 aliphatic carbocycles. The molecule has 9 nitrogen and oxygen atoms in total. The quantitative estimate of drug-likeness (QED) is 0.526. The van der Waals surface area contributed by atoms with E-state index in [1.54, 1.807) is 38.4 Å². The van der Waals surface area contributed by atoms with Crippen molar-refractivity contribution in [3.8, 4) is 0 Å². The Balaban J connectivity index is 0.000000572. The Labute approximate surface area is 207 Å². The number of nitrogens with zero attached hydrogens (tertiary/aromatic N) is 2. The van der Waals surface area contributed by atoms with Crippen LogP contribution in [0.15, 0.2) is 47.4 Å². The Hall–Kier alpha value is -3.32. The highest BCUT2D eigenvalue weighted by atomic mass is 32.2. The molecule has 1 saturated heterocycles. The van der Waals surface area contributed by atoms with Crippen LogP contribution < -0.4 is 14.9 Å². The highest BCUT2D eigenvalue weighted by Crippen LogP contribution is 2.30. The summed E-state index contributed by atoms with van der Waals surface area (Å²) in [6.45, 7) is 5.20. The highest BCUT2D eigenvalue weighted by Gasteiger charge is 2.38. The predicted octanol–water partition coefficient (Wildman–Crippen LogP) is 2.79. The van der Waals surface area contributed by atoms with Gasteiger partial charge in [-0.05, 0) is 42.3 Å². The zero-order valence-corrected chi connectivity index (χ0v) is 20.9. The Morgan fingerprint density at radius 2 is 1.64 bits per heavy atom. The first kappa shape index (κ1) is 28.9. The molecule has 3 N–H and O–H groups in total. The summed E-state index contributed by atoms with van der Waals surface area (Å²) in [5, 5.41) is 10.4. The smallest absolute Gasteiger partial charge is 0.475 e. The van der Waals surface area contributed by atoms with Crippen LogP contribution in [0.3, 0.4) is 0 Å². The van der Waals surface area contributed by atoms with Gasteiger partial charge in [0.15, 0.2) is 0 Å². The molecule has 1 aliphatic rings. The molecule has 0 saturated carbocycles. The van der Waals surface area contributed by atoms with Gasteiger partial charge < -0.3 is 20.2 Å². The number of benzene rings is 2. The van der Waals surface area contributed by atoms with Gasteiger partial charge in [0.2, 0.25) is 0 Å². The Morgan fingerprint density at radius 1 is 1.08 bits per heavy atom. The van der Waals surface area contributed by atoms with E-state index in [4.69, 9.17) is 9.90 Å². The molecule has 36 heavy (non-hydrogen) atoms. The fourth-order valence-corrected chi connectivity index (χ4v) is 4.36. The standard InChI is InChI=1S/C21H28N4O3S.C2HF3O2/c1-4-16-5-8-18(9-6-16)29(27,28)23-19-15-17(21(26)24(2)3)7-10-20(19)25-13-11-22-12-14-25;3-2(4,5)1(6)7/h5-10,15,22-23H,4,11-14H2,1-3H3;(H,6,7). The van der Waals surface area contributed by atoms with Crippen LogP contribution in [0.5, 0.6) is 0 Å². The lowest BCUT2D eigenvalue weighted by molar-refractivity contribution is -0.192. The van der Waals surface area contributed by atoms with Crippen molar-refractivity contribution in [1.82, 2.24) is 10.2 Å². The number of hydrogen-bond donors (Lipinski definition) is 3. The Morgan fingerprint density at radius 3 is 2.11 bits per heavy atom. The van der Waals surface area contributed by atoms with Gasteiger partial charge in [0.05, 0.1) is 16.3 Å². The van der Waals surface area contributed by atoms with E-state index in [1.165, 1.54) is 4.90 Å². The van der Waals surface area contributed by atoms with Gasteiger partial charge in [0.25, 0.3) is 15.9 Å². The molecule has 2 aromatic carbocycles. The van der Waals surface area contributed by atoms with E-state index in [0.29, 0.717) is 11.3 Å².